The van der Waals surface area contributed by atoms with Crippen LogP contribution in [0.25, 0.3) is 0 Å². The minimum atomic E-state index is -3.26. The summed E-state index contributed by atoms with van der Waals surface area (Å²) in [6.07, 6.45) is 4.83. The fraction of sp³-hybridized carbons (Fsp3) is 0.636. The van der Waals surface area contributed by atoms with Crippen molar-refractivity contribution in [3.05, 3.63) is 22.7 Å². The van der Waals surface area contributed by atoms with E-state index in [0.29, 0.717) is 67.9 Å². The molecule has 1 saturated carbocycles. The zero-order valence-corrected chi connectivity index (χ0v) is 19.6. The van der Waals surface area contributed by atoms with Gasteiger partial charge in [-0.05, 0) is 44.1 Å². The first kappa shape index (κ1) is 23.2. The van der Waals surface area contributed by atoms with Crippen LogP contribution in [0.2, 0.25) is 5.02 Å². The highest BCUT2D eigenvalue weighted by Crippen LogP contribution is 2.45. The minimum Gasteiger partial charge on any atom is -0.489 e. The van der Waals surface area contributed by atoms with Crippen LogP contribution in [-0.2, 0) is 14.6 Å². The quantitative estimate of drug-likeness (QED) is 0.382. The molecule has 2 aliphatic heterocycles. The number of hydrogen-bond donors (Lipinski definition) is 1. The van der Waals surface area contributed by atoms with Gasteiger partial charge in [-0.1, -0.05) is 24.1 Å². The molecule has 0 bridgehead atoms. The predicted molar refractivity (Wildman–Crippen MR) is 120 cm³/mol. The molecule has 1 unspecified atom stereocenters. The van der Waals surface area contributed by atoms with Crippen molar-refractivity contribution >= 4 is 33.4 Å². The normalized spacial score (nSPS) is 20.7. The first-order valence-electron chi connectivity index (χ1n) is 11.2. The van der Waals surface area contributed by atoms with Gasteiger partial charge in [0.1, 0.15) is 6.54 Å². The van der Waals surface area contributed by atoms with Crippen molar-refractivity contribution in [2.75, 3.05) is 37.8 Å². The summed E-state index contributed by atoms with van der Waals surface area (Å²) in [6.45, 7) is 1.58. The maximum absolute atomic E-state index is 12.8. The molecule has 4 rings (SSSR count). The van der Waals surface area contributed by atoms with E-state index < -0.39 is 9.84 Å². The van der Waals surface area contributed by atoms with Gasteiger partial charge in [-0.15, -0.1) is 0 Å². The molecule has 3 amide bonds. The first-order valence-corrected chi connectivity index (χ1v) is 13.4. The number of nitrogens with one attached hydrogen (secondary N) is 1. The number of unbranched alkanes of at least 4 members (excludes halogenated alkanes) is 2. The third-order valence-electron chi connectivity index (χ3n) is 6.11. The maximum atomic E-state index is 12.8. The van der Waals surface area contributed by atoms with Crippen molar-refractivity contribution in [2.24, 2.45) is 5.92 Å². The van der Waals surface area contributed by atoms with Crippen LogP contribution < -0.4 is 14.8 Å². The SMILES string of the molecule is O=C1CN(CCCCCS(=O)(=O)CC2CCOc3c2ccc(Cl)c3OCC2CC2)C(=O)N1. The van der Waals surface area contributed by atoms with E-state index in [9.17, 15) is 18.0 Å². The molecule has 0 spiro atoms. The molecule has 0 aromatic heterocycles. The molecule has 176 valence electrons. The van der Waals surface area contributed by atoms with Gasteiger partial charge >= 0.3 is 6.03 Å². The van der Waals surface area contributed by atoms with Crippen molar-refractivity contribution in [3.8, 4) is 11.5 Å². The van der Waals surface area contributed by atoms with Gasteiger partial charge in [-0.3, -0.25) is 10.1 Å². The second-order valence-corrected chi connectivity index (χ2v) is 11.5. The van der Waals surface area contributed by atoms with E-state index in [-0.39, 0.29) is 35.9 Å². The van der Waals surface area contributed by atoms with Crippen molar-refractivity contribution in [3.63, 3.8) is 0 Å². The third-order valence-corrected chi connectivity index (χ3v) is 8.23. The number of amides is 3. The number of imide groups is 1. The van der Waals surface area contributed by atoms with Gasteiger partial charge in [0.15, 0.2) is 21.3 Å². The van der Waals surface area contributed by atoms with Gasteiger partial charge < -0.3 is 14.4 Å². The highest BCUT2D eigenvalue weighted by Gasteiger charge is 2.31. The summed E-state index contributed by atoms with van der Waals surface area (Å²) in [5, 5.41) is 2.72. The average molecular weight is 485 g/mol. The number of urea groups is 1. The molecular formula is C22H29ClN2O6S. The summed E-state index contributed by atoms with van der Waals surface area (Å²) in [7, 11) is -3.26. The molecule has 1 aromatic rings. The number of carbonyl (C=O) groups is 2. The largest absolute Gasteiger partial charge is 0.489 e. The summed E-state index contributed by atoms with van der Waals surface area (Å²) in [5.41, 5.74) is 0.847. The highest BCUT2D eigenvalue weighted by atomic mass is 35.5. The lowest BCUT2D eigenvalue weighted by atomic mass is 9.94. The predicted octanol–water partition coefficient (Wildman–Crippen LogP) is 3.13. The molecule has 2 fully saturated rings. The summed E-state index contributed by atoms with van der Waals surface area (Å²) in [5.74, 6) is 1.41. The van der Waals surface area contributed by atoms with Crippen molar-refractivity contribution < 1.29 is 27.5 Å². The molecule has 1 atom stereocenters. The summed E-state index contributed by atoms with van der Waals surface area (Å²) in [6, 6.07) is 3.24. The number of carbonyl (C=O) groups excluding carboxylic acids is 2. The Morgan fingerprint density at radius 2 is 1.97 bits per heavy atom. The zero-order valence-electron chi connectivity index (χ0n) is 18.0. The summed E-state index contributed by atoms with van der Waals surface area (Å²) >= 11 is 6.34. The Kier molecular flexibility index (Phi) is 7.14. The van der Waals surface area contributed by atoms with Crippen LogP contribution >= 0.6 is 11.6 Å². The number of nitrogens with zero attached hydrogens (tertiary/aromatic N) is 1. The van der Waals surface area contributed by atoms with Gasteiger partial charge in [0.25, 0.3) is 0 Å². The zero-order chi connectivity index (χ0) is 22.7. The van der Waals surface area contributed by atoms with E-state index in [1.165, 1.54) is 4.90 Å². The average Bonchev–Trinajstić information content (AvgIpc) is 3.50. The van der Waals surface area contributed by atoms with E-state index in [1.54, 1.807) is 6.07 Å². The number of benzene rings is 1. The molecule has 8 nitrogen and oxygen atoms in total. The maximum Gasteiger partial charge on any atom is 0.324 e. The number of fused-ring (bicyclic) bond motifs is 1. The van der Waals surface area contributed by atoms with Crippen LogP contribution in [0, 0.1) is 5.92 Å². The molecule has 3 aliphatic rings. The van der Waals surface area contributed by atoms with E-state index in [0.717, 1.165) is 18.4 Å². The van der Waals surface area contributed by atoms with E-state index in [1.807, 2.05) is 6.07 Å². The number of hydrogen-bond acceptors (Lipinski definition) is 6. The van der Waals surface area contributed by atoms with Gasteiger partial charge in [0, 0.05) is 18.0 Å². The Morgan fingerprint density at radius 3 is 2.69 bits per heavy atom. The Bertz CT molecular complexity index is 979. The molecule has 10 heteroatoms. The molecule has 1 aromatic carbocycles. The highest BCUT2D eigenvalue weighted by molar-refractivity contribution is 7.91. The van der Waals surface area contributed by atoms with Crippen LogP contribution in [0.1, 0.15) is 50.0 Å². The lowest BCUT2D eigenvalue weighted by molar-refractivity contribution is -0.118. The summed E-state index contributed by atoms with van der Waals surface area (Å²) < 4.78 is 37.3. The molecule has 0 radical (unpaired) electrons. The molecular weight excluding hydrogens is 456 g/mol. The second kappa shape index (κ2) is 9.87. The van der Waals surface area contributed by atoms with Gasteiger partial charge in [0.2, 0.25) is 5.91 Å². The molecule has 2 heterocycles. The van der Waals surface area contributed by atoms with E-state index >= 15 is 0 Å². The van der Waals surface area contributed by atoms with Gasteiger partial charge in [-0.25, -0.2) is 13.2 Å². The number of halogens is 1. The van der Waals surface area contributed by atoms with Gasteiger partial charge in [0.05, 0.1) is 29.7 Å². The molecule has 32 heavy (non-hydrogen) atoms. The van der Waals surface area contributed by atoms with Crippen molar-refractivity contribution in [1.82, 2.24) is 10.2 Å². The van der Waals surface area contributed by atoms with E-state index in [2.05, 4.69) is 5.32 Å². The fourth-order valence-electron chi connectivity index (χ4n) is 4.13. The Morgan fingerprint density at radius 1 is 1.16 bits per heavy atom. The van der Waals surface area contributed by atoms with Gasteiger partial charge in [-0.2, -0.15) is 0 Å². The smallest absolute Gasteiger partial charge is 0.324 e. The monoisotopic (exact) mass is 484 g/mol. The Labute approximate surface area is 193 Å². The van der Waals surface area contributed by atoms with E-state index in [4.69, 9.17) is 21.1 Å². The van der Waals surface area contributed by atoms with Crippen molar-refractivity contribution in [2.45, 2.75) is 44.4 Å². The van der Waals surface area contributed by atoms with Crippen LogP contribution in [-0.4, -0.2) is 63.1 Å². The number of rotatable bonds is 11. The summed E-state index contributed by atoms with van der Waals surface area (Å²) in [4.78, 5) is 24.2. The standard InChI is InChI=1S/C22H29ClN2O6S/c23-18-7-6-17-16(8-10-30-20(17)21(18)31-13-15-4-5-15)14-32(28,29)11-3-1-2-9-25-12-19(26)24-22(25)27/h6-7,15-16H,1-5,8-14H2,(H,24,26,27). The molecule has 1 saturated heterocycles. The minimum absolute atomic E-state index is 0.0656. The van der Waals surface area contributed by atoms with Crippen LogP contribution in [0.3, 0.4) is 0 Å². The molecule has 1 aliphatic carbocycles. The molecule has 1 N–H and O–H groups in total. The first-order chi connectivity index (χ1) is 15.3. The lowest BCUT2D eigenvalue weighted by Gasteiger charge is -2.28. The second-order valence-electron chi connectivity index (χ2n) is 8.83. The lowest BCUT2D eigenvalue weighted by Crippen LogP contribution is -2.29. The third kappa shape index (κ3) is 5.86. The number of sulfone groups is 1. The topological polar surface area (TPSA) is 102 Å². The van der Waals surface area contributed by atoms with Crippen molar-refractivity contribution in [1.29, 1.82) is 0 Å². The fourth-order valence-corrected chi connectivity index (χ4v) is 6.10. The Balaban J connectivity index is 1.29. The van der Waals surface area contributed by atoms with Crippen LogP contribution in [0.15, 0.2) is 12.1 Å². The van der Waals surface area contributed by atoms with Crippen LogP contribution in [0.5, 0.6) is 11.5 Å². The van der Waals surface area contributed by atoms with Crippen LogP contribution in [0.4, 0.5) is 4.79 Å². The number of ether oxygens (including phenoxy) is 2. The Hall–Kier alpha value is -2.00.